The van der Waals surface area contributed by atoms with Gasteiger partial charge in [0.05, 0.1) is 199 Å². The van der Waals surface area contributed by atoms with Crippen LogP contribution in [0.4, 0.5) is 0 Å². The number of ether oxygens (including phenoxy) is 23. The van der Waals surface area contributed by atoms with E-state index in [1.165, 1.54) is 12.1 Å². The Morgan fingerprint density at radius 3 is 1.13 bits per heavy atom. The van der Waals surface area contributed by atoms with Crippen molar-refractivity contribution in [1.82, 2.24) is 0 Å². The van der Waals surface area contributed by atoms with E-state index in [9.17, 15) is 22.9 Å². The molecule has 0 amide bonds. The number of benzene rings is 3. The van der Waals surface area contributed by atoms with Gasteiger partial charge in [-0.15, -0.1) is 0 Å². The number of nitrogens with zero attached hydrogens (tertiary/aromatic N) is 1. The lowest BCUT2D eigenvalue weighted by molar-refractivity contribution is -0.645. The van der Waals surface area contributed by atoms with Gasteiger partial charge in [0.25, 0.3) is 10.1 Å². The number of carboxylic acid groups (broad SMARTS) is 1. The van der Waals surface area contributed by atoms with Crippen LogP contribution >= 0.6 is 0 Å². The first-order valence-corrected chi connectivity index (χ1v) is 34.0. The molecule has 1 heterocycles. The molecule has 4 aromatic rings. The number of aryl methyl sites for hydroxylation is 3. The molecule has 0 spiro atoms. The van der Waals surface area contributed by atoms with Gasteiger partial charge >= 0.3 is 11.9 Å². The van der Waals surface area contributed by atoms with Crippen molar-refractivity contribution in [3.63, 3.8) is 0 Å². The Bertz CT molecular complexity index is 2820. The number of methoxy groups -OCH3 is 8. The molecule has 0 aliphatic carbocycles. The average Bonchev–Trinajstić information content (AvgIpc) is 0.740. The highest BCUT2D eigenvalue weighted by atomic mass is 32.2. The maximum atomic E-state index is 15.6. The normalized spacial score (nSPS) is 12.4. The zero-order chi connectivity index (χ0) is 71.2. The quantitative estimate of drug-likeness (QED) is 0.0118. The predicted octanol–water partition coefficient (Wildman–Crippen LogP) is 4.39. The molecule has 0 bridgehead atoms. The zero-order valence-electron chi connectivity index (χ0n) is 58.6. The van der Waals surface area contributed by atoms with E-state index in [-0.39, 0.29) is 178 Å². The van der Waals surface area contributed by atoms with E-state index in [1.54, 1.807) is 112 Å². The van der Waals surface area contributed by atoms with Gasteiger partial charge in [0.2, 0.25) is 17.3 Å². The highest BCUT2D eigenvalue weighted by Gasteiger charge is 2.31. The maximum Gasteiger partial charge on any atom is 0.345 e. The summed E-state index contributed by atoms with van der Waals surface area (Å²) in [4.78, 5) is 27.9. The van der Waals surface area contributed by atoms with Gasteiger partial charge in [0.15, 0.2) is 6.54 Å². The molecule has 0 fully saturated rings. The van der Waals surface area contributed by atoms with E-state index in [2.05, 4.69) is 0 Å². The van der Waals surface area contributed by atoms with Crippen LogP contribution in [0.15, 0.2) is 48.5 Å². The molecule has 1 atom stereocenters. The summed E-state index contributed by atoms with van der Waals surface area (Å²) in [5.74, 6) is -2.19. The number of carbonyl (C=O) groups excluding carboxylic acids is 1. The van der Waals surface area contributed by atoms with Gasteiger partial charge in [-0.2, -0.15) is 13.0 Å². The molecule has 31 heteroatoms. The van der Waals surface area contributed by atoms with Crippen LogP contribution < -0.4 is 18.8 Å². The lowest BCUT2D eigenvalue weighted by Gasteiger charge is -2.27. The molecule has 0 saturated heterocycles. The maximum absolute atomic E-state index is 15.6. The number of aromatic nitrogens is 1. The number of carbonyl (C=O) groups is 2. The molecule has 3 aromatic carbocycles. The number of hydrogen-bond acceptors (Lipinski definition) is 27. The third-order valence-corrected chi connectivity index (χ3v) is 15.1. The molecular formula is C67H106NO29S+. The van der Waals surface area contributed by atoms with Gasteiger partial charge in [-0.1, -0.05) is 0 Å². The number of pyridine rings is 1. The molecule has 98 heavy (non-hydrogen) atoms. The number of esters is 1. The Hall–Kier alpha value is -5.02. The Morgan fingerprint density at radius 1 is 0.439 bits per heavy atom. The topological polar surface area (TPSA) is 325 Å². The van der Waals surface area contributed by atoms with E-state index >= 15 is 4.79 Å². The summed E-state index contributed by atoms with van der Waals surface area (Å²) in [6.07, 6.45) is -4.81. The van der Waals surface area contributed by atoms with E-state index in [0.29, 0.717) is 75.0 Å². The largest absolute Gasteiger partial charge is 0.486 e. The van der Waals surface area contributed by atoms with Crippen LogP contribution in [0.2, 0.25) is 0 Å². The molecule has 0 aliphatic heterocycles. The molecular weight excluding hydrogens is 1310 g/mol. The standard InChI is InChI=1S/C67H105NO29S/c1-49-34-51(66(69)70)35-50(2)65(49)97-67(71)64-59-36-52(94-58(46-91-54(38-83-25-17-75-3)39-84-26-18-76-4)47-92-55(40-85-27-19-77-5)41-86-28-20-78-6)12-14-61(59)68(16-11-33-98(72,73)74)62-15-13-53(37-60(62)64)95-63(96-57(44-89-31-23-81-9)45-90-32-24-82-10)48-93-56(42-87-29-21-79-7)43-88-30-22-80-8/h12-15,34-37,54-58,63H,11,16-33,38-48H2,1-10H3,(H-,69,70,72,73,74)/p+1. The van der Waals surface area contributed by atoms with Crippen molar-refractivity contribution < 1.29 is 141 Å². The molecule has 0 radical (unpaired) electrons. The Balaban J connectivity index is 2.04. The summed E-state index contributed by atoms with van der Waals surface area (Å²) >= 11 is 0. The van der Waals surface area contributed by atoms with Crippen molar-refractivity contribution in [3.05, 3.63) is 70.8 Å². The molecule has 1 aromatic heterocycles. The molecule has 4 rings (SSSR count). The first-order valence-electron chi connectivity index (χ1n) is 32.3. The number of rotatable bonds is 62. The first-order chi connectivity index (χ1) is 47.5. The van der Waals surface area contributed by atoms with Gasteiger partial charge in [-0.3, -0.25) is 4.55 Å². The van der Waals surface area contributed by atoms with Crippen LogP contribution in [0.25, 0.3) is 21.8 Å². The van der Waals surface area contributed by atoms with Crippen LogP contribution in [0.1, 0.15) is 38.3 Å². The number of fused-ring (bicyclic) bond motifs is 2. The van der Waals surface area contributed by atoms with E-state index in [1.807, 2.05) is 0 Å². The summed E-state index contributed by atoms with van der Waals surface area (Å²) in [7, 11) is 8.08. The molecule has 1 unspecified atom stereocenters. The van der Waals surface area contributed by atoms with E-state index in [4.69, 9.17) is 109 Å². The summed E-state index contributed by atoms with van der Waals surface area (Å²) < 4.78 is 172. The lowest BCUT2D eigenvalue weighted by atomic mass is 10.0. The zero-order valence-corrected chi connectivity index (χ0v) is 59.4. The van der Waals surface area contributed by atoms with Crippen LogP contribution in [0.3, 0.4) is 0 Å². The van der Waals surface area contributed by atoms with Gasteiger partial charge in [0.1, 0.15) is 54.4 Å². The minimum atomic E-state index is -4.45. The second-order valence-corrected chi connectivity index (χ2v) is 23.7. The number of hydrogen-bond donors (Lipinski definition) is 2. The fourth-order valence-electron chi connectivity index (χ4n) is 9.46. The molecule has 2 N–H and O–H groups in total. The lowest BCUT2D eigenvalue weighted by Crippen LogP contribution is -2.39. The van der Waals surface area contributed by atoms with Crippen molar-refractivity contribution in [2.24, 2.45) is 0 Å². The minimum Gasteiger partial charge on any atom is -0.486 e. The highest BCUT2D eigenvalue weighted by Crippen LogP contribution is 2.34. The Labute approximate surface area is 575 Å². The van der Waals surface area contributed by atoms with Gasteiger partial charge in [0, 0.05) is 75.4 Å². The number of aromatic carboxylic acids is 1. The third kappa shape index (κ3) is 34.1. The average molecular weight is 1420 g/mol. The van der Waals surface area contributed by atoms with Crippen LogP contribution in [0.5, 0.6) is 17.2 Å². The van der Waals surface area contributed by atoms with Crippen molar-refractivity contribution in [3.8, 4) is 17.2 Å². The van der Waals surface area contributed by atoms with E-state index < -0.39 is 64.6 Å². The second kappa shape index (κ2) is 51.2. The smallest absolute Gasteiger partial charge is 0.345 e. The van der Waals surface area contributed by atoms with Crippen molar-refractivity contribution >= 4 is 43.9 Å². The van der Waals surface area contributed by atoms with Gasteiger partial charge in [-0.25, -0.2) is 9.59 Å². The Morgan fingerprint density at radius 2 is 0.786 bits per heavy atom. The van der Waals surface area contributed by atoms with Crippen LogP contribution in [-0.4, -0.2) is 308 Å². The summed E-state index contributed by atoms with van der Waals surface area (Å²) in [5.41, 5.74) is 1.49. The SMILES string of the molecule is COCCOCC(COCCOC)OCC(COC(COCCOC)COCCOC)Oc1ccc2c(c1)c(C(=O)Oc1c(C)cc(C(=O)O)cc1C)c1cc(OC(COC(COCCOC)COCCOC)OC(COCCOC)COCCOC)ccc1[n+]2CCCS(=O)(=O)O. The minimum absolute atomic E-state index is 0.00399. The molecule has 0 saturated carbocycles. The fourth-order valence-corrected chi connectivity index (χ4v) is 9.95. The van der Waals surface area contributed by atoms with Gasteiger partial charge < -0.3 is 114 Å². The number of carboxylic acids is 1. The highest BCUT2D eigenvalue weighted by molar-refractivity contribution is 7.85. The van der Waals surface area contributed by atoms with E-state index in [0.717, 1.165) is 0 Å². The summed E-state index contributed by atoms with van der Waals surface area (Å²) in [6.45, 7) is 8.50. The second-order valence-electron chi connectivity index (χ2n) is 22.1. The van der Waals surface area contributed by atoms with Crippen molar-refractivity contribution in [1.29, 1.82) is 0 Å². The monoisotopic (exact) mass is 1420 g/mol. The molecule has 30 nitrogen and oxygen atoms in total. The van der Waals surface area contributed by atoms with Crippen molar-refractivity contribution in [2.75, 3.05) is 241 Å². The Kier molecular flexibility index (Phi) is 44.6. The van der Waals surface area contributed by atoms with Crippen LogP contribution in [0, 0.1) is 13.8 Å². The van der Waals surface area contributed by atoms with Crippen LogP contribution in [-0.2, 0) is 111 Å². The summed E-state index contributed by atoms with van der Waals surface area (Å²) in [5, 5.41) is 10.5. The molecule has 558 valence electrons. The fraction of sp³-hybridized carbons (Fsp3) is 0.687. The van der Waals surface area contributed by atoms with Crippen molar-refractivity contribution in [2.45, 2.75) is 63.6 Å². The predicted molar refractivity (Wildman–Crippen MR) is 355 cm³/mol. The summed E-state index contributed by atoms with van der Waals surface area (Å²) in [6, 6.07) is 12.8. The first kappa shape index (κ1) is 85.4. The molecule has 0 aliphatic rings. The van der Waals surface area contributed by atoms with Gasteiger partial charge in [-0.05, 0) is 61.4 Å². The third-order valence-electron chi connectivity index (χ3n) is 14.2.